The van der Waals surface area contributed by atoms with Crippen LogP contribution < -0.4 is 9.88 Å². The van der Waals surface area contributed by atoms with Crippen LogP contribution in [0.5, 0.6) is 5.75 Å². The molecule has 0 spiro atoms. The Morgan fingerprint density at radius 1 is 1.15 bits per heavy atom. The van der Waals surface area contributed by atoms with Crippen molar-refractivity contribution in [2.75, 3.05) is 19.8 Å². The molecule has 0 saturated carbocycles. The van der Waals surface area contributed by atoms with Crippen LogP contribution >= 0.6 is 0 Å². The second-order valence-corrected chi connectivity index (χ2v) is 6.81. The molecule has 0 saturated heterocycles. The molecule has 1 rings (SSSR count). The van der Waals surface area contributed by atoms with Crippen LogP contribution in [0.15, 0.2) is 17.0 Å². The summed E-state index contributed by atoms with van der Waals surface area (Å²) >= 11 is 0. The molecule has 1 aromatic carbocycles. The topological polar surface area (TPSA) is 78.6 Å². The fourth-order valence-electron chi connectivity index (χ4n) is 1.82. The van der Waals surface area contributed by atoms with Gasteiger partial charge in [-0.1, -0.05) is 13.8 Å². The lowest BCUT2D eigenvalue weighted by atomic mass is 10.1. The van der Waals surface area contributed by atoms with Crippen LogP contribution in [0.2, 0.25) is 0 Å². The molecule has 5 nitrogen and oxygen atoms in total. The van der Waals surface area contributed by atoms with E-state index in [1.807, 2.05) is 0 Å². The molecule has 0 heterocycles. The van der Waals surface area contributed by atoms with Gasteiger partial charge in [0.25, 0.3) is 0 Å². The molecule has 0 unspecified atom stereocenters. The van der Waals surface area contributed by atoms with Gasteiger partial charge in [-0.3, -0.25) is 0 Å². The van der Waals surface area contributed by atoms with Crippen molar-refractivity contribution in [2.24, 2.45) is 11.1 Å². The molecule has 0 atom stereocenters. The van der Waals surface area contributed by atoms with E-state index in [2.05, 4.69) is 13.8 Å². The van der Waals surface area contributed by atoms with Gasteiger partial charge in [-0.25, -0.2) is 13.6 Å². The van der Waals surface area contributed by atoms with Gasteiger partial charge in [-0.05, 0) is 43.0 Å². The Bertz CT molecular complexity index is 529. The average Bonchev–Trinajstić information content (AvgIpc) is 2.29. The average molecular weight is 301 g/mol. The first-order chi connectivity index (χ1) is 9.21. The second-order valence-electron chi connectivity index (χ2n) is 5.25. The van der Waals surface area contributed by atoms with Crippen molar-refractivity contribution in [2.45, 2.75) is 32.6 Å². The maximum Gasteiger partial charge on any atom is 0.238 e. The highest BCUT2D eigenvalue weighted by molar-refractivity contribution is 7.89. The molecule has 0 aromatic heterocycles. The summed E-state index contributed by atoms with van der Waals surface area (Å²) in [6, 6.07) is 3.04. The Kier molecular flexibility index (Phi) is 5.98. The molecule has 0 radical (unpaired) electrons. The summed E-state index contributed by atoms with van der Waals surface area (Å²) < 4.78 is 33.7. The van der Waals surface area contributed by atoms with E-state index < -0.39 is 10.0 Å². The molecule has 20 heavy (non-hydrogen) atoms. The Balaban J connectivity index is 2.68. The summed E-state index contributed by atoms with van der Waals surface area (Å²) in [7, 11) is -3.68. The zero-order valence-electron chi connectivity index (χ0n) is 12.5. The van der Waals surface area contributed by atoms with Gasteiger partial charge in [0.15, 0.2) is 0 Å². The SMILES string of the molecule is Cc1cc(S(N)(=O)=O)cc(C)c1OCCOCC(C)C. The smallest absolute Gasteiger partial charge is 0.238 e. The van der Waals surface area contributed by atoms with E-state index in [1.165, 1.54) is 12.1 Å². The van der Waals surface area contributed by atoms with E-state index in [9.17, 15) is 8.42 Å². The number of benzene rings is 1. The van der Waals surface area contributed by atoms with Gasteiger partial charge >= 0.3 is 0 Å². The third-order valence-electron chi connectivity index (χ3n) is 2.69. The molecular formula is C14H23NO4S. The Morgan fingerprint density at radius 3 is 2.15 bits per heavy atom. The van der Waals surface area contributed by atoms with Crippen molar-refractivity contribution in [3.05, 3.63) is 23.3 Å². The molecule has 0 aliphatic rings. The number of ether oxygens (including phenoxy) is 2. The number of aryl methyl sites for hydroxylation is 2. The summed E-state index contributed by atoms with van der Waals surface area (Å²) in [6.45, 7) is 9.41. The minimum absolute atomic E-state index is 0.107. The van der Waals surface area contributed by atoms with Crippen molar-refractivity contribution >= 4 is 10.0 Å². The van der Waals surface area contributed by atoms with E-state index in [0.29, 0.717) is 31.5 Å². The molecule has 0 aliphatic heterocycles. The fourth-order valence-corrected chi connectivity index (χ4v) is 2.51. The maximum absolute atomic E-state index is 11.3. The zero-order valence-corrected chi connectivity index (χ0v) is 13.3. The number of rotatable bonds is 7. The van der Waals surface area contributed by atoms with Gasteiger partial charge in [0.05, 0.1) is 11.5 Å². The molecule has 0 fully saturated rings. The zero-order chi connectivity index (χ0) is 15.3. The summed E-state index contributed by atoms with van der Waals surface area (Å²) in [5.74, 6) is 1.18. The van der Waals surface area contributed by atoms with Crippen LogP contribution in [0, 0.1) is 19.8 Å². The highest BCUT2D eigenvalue weighted by Gasteiger charge is 2.13. The van der Waals surface area contributed by atoms with Gasteiger partial charge in [0, 0.05) is 6.61 Å². The van der Waals surface area contributed by atoms with Crippen molar-refractivity contribution in [3.63, 3.8) is 0 Å². The third kappa shape index (κ3) is 5.11. The second kappa shape index (κ2) is 7.06. The van der Waals surface area contributed by atoms with Crippen LogP contribution in [-0.2, 0) is 14.8 Å². The maximum atomic E-state index is 11.3. The summed E-state index contributed by atoms with van der Waals surface area (Å²) in [4.78, 5) is 0.107. The van der Waals surface area contributed by atoms with Gasteiger partial charge in [-0.15, -0.1) is 0 Å². The first-order valence-corrected chi connectivity index (χ1v) is 8.11. The van der Waals surface area contributed by atoms with E-state index >= 15 is 0 Å². The Hall–Kier alpha value is -1.11. The van der Waals surface area contributed by atoms with Crippen molar-refractivity contribution < 1.29 is 17.9 Å². The molecule has 6 heteroatoms. The van der Waals surface area contributed by atoms with E-state index in [0.717, 1.165) is 11.1 Å². The summed E-state index contributed by atoms with van der Waals surface area (Å²) in [6.07, 6.45) is 0. The summed E-state index contributed by atoms with van der Waals surface area (Å²) in [5.41, 5.74) is 1.50. The van der Waals surface area contributed by atoms with Gasteiger partial charge in [0.2, 0.25) is 10.0 Å². The quantitative estimate of drug-likeness (QED) is 0.781. The highest BCUT2D eigenvalue weighted by atomic mass is 32.2. The molecule has 2 N–H and O–H groups in total. The normalized spacial score (nSPS) is 11.9. The number of nitrogens with two attached hydrogens (primary N) is 1. The fraction of sp³-hybridized carbons (Fsp3) is 0.571. The predicted molar refractivity (Wildman–Crippen MR) is 78.4 cm³/mol. The van der Waals surface area contributed by atoms with Crippen molar-refractivity contribution in [1.29, 1.82) is 0 Å². The van der Waals surface area contributed by atoms with Gasteiger partial charge in [-0.2, -0.15) is 0 Å². The minimum Gasteiger partial charge on any atom is -0.491 e. The number of primary sulfonamides is 1. The first-order valence-electron chi connectivity index (χ1n) is 6.56. The first kappa shape index (κ1) is 16.9. The standard InChI is InChI=1S/C14H23NO4S/c1-10(2)9-18-5-6-19-14-11(3)7-13(8-12(14)4)20(15,16)17/h7-8,10H,5-6,9H2,1-4H3,(H2,15,16,17). The Labute approximate surface area is 121 Å². The highest BCUT2D eigenvalue weighted by Crippen LogP contribution is 2.26. The lowest BCUT2D eigenvalue weighted by molar-refractivity contribution is 0.0815. The molecular weight excluding hydrogens is 278 g/mol. The van der Waals surface area contributed by atoms with Gasteiger partial charge in [0.1, 0.15) is 12.4 Å². The van der Waals surface area contributed by atoms with E-state index in [1.54, 1.807) is 13.8 Å². The predicted octanol–water partition coefficient (Wildman–Crippen LogP) is 2.00. The summed E-state index contributed by atoms with van der Waals surface area (Å²) in [5, 5.41) is 5.12. The van der Waals surface area contributed by atoms with Crippen LogP contribution in [0.4, 0.5) is 0 Å². The largest absolute Gasteiger partial charge is 0.491 e. The number of hydrogen-bond acceptors (Lipinski definition) is 4. The van der Waals surface area contributed by atoms with Crippen LogP contribution in [0.1, 0.15) is 25.0 Å². The third-order valence-corrected chi connectivity index (χ3v) is 3.58. The van der Waals surface area contributed by atoms with E-state index in [4.69, 9.17) is 14.6 Å². The van der Waals surface area contributed by atoms with Gasteiger partial charge < -0.3 is 9.47 Å². The number of hydrogen-bond donors (Lipinski definition) is 1. The van der Waals surface area contributed by atoms with Crippen LogP contribution in [0.3, 0.4) is 0 Å². The lowest BCUT2D eigenvalue weighted by Gasteiger charge is -2.14. The molecule has 1 aromatic rings. The van der Waals surface area contributed by atoms with Crippen LogP contribution in [0.25, 0.3) is 0 Å². The van der Waals surface area contributed by atoms with Crippen molar-refractivity contribution in [1.82, 2.24) is 0 Å². The lowest BCUT2D eigenvalue weighted by Crippen LogP contribution is -2.14. The minimum atomic E-state index is -3.68. The molecule has 0 bridgehead atoms. The van der Waals surface area contributed by atoms with Crippen molar-refractivity contribution in [3.8, 4) is 5.75 Å². The Morgan fingerprint density at radius 2 is 1.70 bits per heavy atom. The monoisotopic (exact) mass is 301 g/mol. The molecule has 0 aliphatic carbocycles. The van der Waals surface area contributed by atoms with Crippen LogP contribution in [-0.4, -0.2) is 28.2 Å². The molecule has 114 valence electrons. The van der Waals surface area contributed by atoms with E-state index in [-0.39, 0.29) is 4.90 Å². The number of sulfonamides is 1. The molecule has 0 amide bonds.